The lowest BCUT2D eigenvalue weighted by molar-refractivity contribution is -0.142. The van der Waals surface area contributed by atoms with Crippen molar-refractivity contribution in [2.75, 3.05) is 19.7 Å². The van der Waals surface area contributed by atoms with Crippen molar-refractivity contribution in [1.29, 1.82) is 0 Å². The predicted molar refractivity (Wildman–Crippen MR) is 133 cm³/mol. The Labute approximate surface area is 206 Å². The summed E-state index contributed by atoms with van der Waals surface area (Å²) >= 11 is 0. The number of nitrogens with zero attached hydrogens (tertiary/aromatic N) is 1. The number of hydrogen-bond acceptors (Lipinski definition) is 4. The third kappa shape index (κ3) is 6.02. The molecule has 1 saturated heterocycles. The zero-order chi connectivity index (χ0) is 24.8. The number of carboxylic acid groups (broad SMARTS) is 1. The van der Waals surface area contributed by atoms with Gasteiger partial charge in [0.05, 0.1) is 6.42 Å². The van der Waals surface area contributed by atoms with Gasteiger partial charge in [0.2, 0.25) is 5.91 Å². The van der Waals surface area contributed by atoms with Gasteiger partial charge >= 0.3 is 12.1 Å². The quantitative estimate of drug-likeness (QED) is 0.540. The lowest BCUT2D eigenvalue weighted by atomic mass is 9.97. The molecule has 2 aromatic carbocycles. The molecule has 1 unspecified atom stereocenters. The van der Waals surface area contributed by atoms with Crippen molar-refractivity contribution in [2.24, 2.45) is 5.92 Å². The van der Waals surface area contributed by atoms with Crippen LogP contribution in [0.15, 0.2) is 48.5 Å². The highest BCUT2D eigenvalue weighted by Crippen LogP contribution is 2.44. The molecule has 0 spiro atoms. The molecule has 0 aromatic heterocycles. The Hall–Kier alpha value is -3.35. The smallest absolute Gasteiger partial charge is 0.407 e. The van der Waals surface area contributed by atoms with E-state index in [1.807, 2.05) is 31.2 Å². The highest BCUT2D eigenvalue weighted by atomic mass is 16.5. The van der Waals surface area contributed by atoms with Crippen LogP contribution in [0.2, 0.25) is 0 Å². The van der Waals surface area contributed by atoms with Gasteiger partial charge in [-0.2, -0.15) is 0 Å². The summed E-state index contributed by atoms with van der Waals surface area (Å²) in [7, 11) is 0. The molecule has 2 amide bonds. The van der Waals surface area contributed by atoms with Crippen LogP contribution in [0.4, 0.5) is 4.79 Å². The molecule has 2 aromatic rings. The maximum absolute atomic E-state index is 12.7. The minimum Gasteiger partial charge on any atom is -0.481 e. The summed E-state index contributed by atoms with van der Waals surface area (Å²) in [4.78, 5) is 38.0. The van der Waals surface area contributed by atoms with Gasteiger partial charge in [0.15, 0.2) is 0 Å². The highest BCUT2D eigenvalue weighted by molar-refractivity contribution is 5.79. The lowest BCUT2D eigenvalue weighted by Gasteiger charge is -2.35. The molecule has 35 heavy (non-hydrogen) atoms. The molecule has 2 atom stereocenters. The number of likely N-dealkylation sites (tertiary alicyclic amines) is 1. The summed E-state index contributed by atoms with van der Waals surface area (Å²) in [5, 5.41) is 12.0. The van der Waals surface area contributed by atoms with Gasteiger partial charge in [-0.1, -0.05) is 55.5 Å². The second-order valence-corrected chi connectivity index (χ2v) is 9.68. The standard InChI is InChI=1S/C28H34N2O5/c1-19(13-14-26(31)30-15-7-6-8-20(30)16-27(32)33)17-29-28(34)35-18-25-23-11-4-2-9-21(23)22-10-3-5-12-24(22)25/h2-5,9-12,19-20,25H,6-8,13-18H2,1H3,(H,29,34)(H,32,33)/t19?,20-/m0/s1. The first kappa shape index (κ1) is 24.8. The van der Waals surface area contributed by atoms with Gasteiger partial charge in [-0.15, -0.1) is 0 Å². The number of aliphatic carboxylic acids is 1. The van der Waals surface area contributed by atoms with Crippen LogP contribution in [0, 0.1) is 5.92 Å². The van der Waals surface area contributed by atoms with Crippen molar-refractivity contribution in [2.45, 2.75) is 57.4 Å². The van der Waals surface area contributed by atoms with E-state index in [-0.39, 0.29) is 36.8 Å². The molecular weight excluding hydrogens is 444 g/mol. The van der Waals surface area contributed by atoms with E-state index in [2.05, 4.69) is 29.6 Å². The van der Waals surface area contributed by atoms with Crippen molar-refractivity contribution in [1.82, 2.24) is 10.2 Å². The number of ether oxygens (including phenoxy) is 1. The van der Waals surface area contributed by atoms with Crippen LogP contribution >= 0.6 is 0 Å². The van der Waals surface area contributed by atoms with E-state index in [0.29, 0.717) is 25.9 Å². The topological polar surface area (TPSA) is 95.9 Å². The van der Waals surface area contributed by atoms with Crippen LogP contribution in [0.1, 0.15) is 62.5 Å². The fourth-order valence-electron chi connectivity index (χ4n) is 5.27. The number of carboxylic acids is 1. The molecule has 4 rings (SSSR count). The molecule has 186 valence electrons. The maximum atomic E-state index is 12.7. The minimum atomic E-state index is -0.865. The van der Waals surface area contributed by atoms with Crippen LogP contribution in [-0.4, -0.2) is 53.7 Å². The molecule has 0 saturated carbocycles. The number of carbonyl (C=O) groups is 3. The Morgan fingerprint density at radius 3 is 2.37 bits per heavy atom. The first-order chi connectivity index (χ1) is 16.9. The third-order valence-electron chi connectivity index (χ3n) is 7.15. The summed E-state index contributed by atoms with van der Waals surface area (Å²) in [6.07, 6.45) is 3.15. The van der Waals surface area contributed by atoms with E-state index in [0.717, 1.165) is 19.3 Å². The fraction of sp³-hybridized carbons (Fsp3) is 0.464. The van der Waals surface area contributed by atoms with Crippen LogP contribution in [0.5, 0.6) is 0 Å². The number of alkyl carbamates (subject to hydrolysis) is 1. The van der Waals surface area contributed by atoms with Crippen LogP contribution in [-0.2, 0) is 14.3 Å². The molecule has 0 radical (unpaired) electrons. The second-order valence-electron chi connectivity index (χ2n) is 9.68. The number of fused-ring (bicyclic) bond motifs is 3. The molecule has 1 aliphatic heterocycles. The maximum Gasteiger partial charge on any atom is 0.407 e. The largest absolute Gasteiger partial charge is 0.481 e. The monoisotopic (exact) mass is 478 g/mol. The Bertz CT molecular complexity index is 1020. The Morgan fingerprint density at radius 1 is 1.06 bits per heavy atom. The molecule has 7 heteroatoms. The summed E-state index contributed by atoms with van der Waals surface area (Å²) in [6.45, 7) is 3.31. The van der Waals surface area contributed by atoms with Gasteiger partial charge in [0.1, 0.15) is 6.61 Å². The van der Waals surface area contributed by atoms with Crippen LogP contribution in [0.3, 0.4) is 0 Å². The summed E-state index contributed by atoms with van der Waals surface area (Å²) in [6, 6.07) is 16.2. The molecular formula is C28H34N2O5. The van der Waals surface area contributed by atoms with Crippen LogP contribution in [0.25, 0.3) is 11.1 Å². The lowest BCUT2D eigenvalue weighted by Crippen LogP contribution is -2.44. The summed E-state index contributed by atoms with van der Waals surface area (Å²) in [5.41, 5.74) is 4.73. The SMILES string of the molecule is CC(CCC(=O)N1CCCC[C@H]1CC(=O)O)CNC(=O)OCC1c2ccccc2-c2ccccc21. The molecule has 7 nitrogen and oxygen atoms in total. The second kappa shape index (κ2) is 11.4. The Balaban J connectivity index is 1.22. The molecule has 1 fully saturated rings. The van der Waals surface area contributed by atoms with E-state index < -0.39 is 12.1 Å². The number of amides is 2. The van der Waals surface area contributed by atoms with Gasteiger partial charge in [0, 0.05) is 31.5 Å². The summed E-state index contributed by atoms with van der Waals surface area (Å²) in [5.74, 6) is -0.743. The number of hydrogen-bond donors (Lipinski definition) is 2. The van der Waals surface area contributed by atoms with Gasteiger partial charge in [-0.25, -0.2) is 4.79 Å². The Morgan fingerprint density at radius 2 is 1.71 bits per heavy atom. The number of benzene rings is 2. The fourth-order valence-corrected chi connectivity index (χ4v) is 5.27. The summed E-state index contributed by atoms with van der Waals surface area (Å²) < 4.78 is 5.58. The van der Waals surface area contributed by atoms with Crippen molar-refractivity contribution >= 4 is 18.0 Å². The number of piperidine rings is 1. The third-order valence-corrected chi connectivity index (χ3v) is 7.15. The van der Waals surface area contributed by atoms with E-state index in [9.17, 15) is 14.4 Å². The zero-order valence-corrected chi connectivity index (χ0v) is 20.2. The predicted octanol–water partition coefficient (Wildman–Crippen LogP) is 4.80. The van der Waals surface area contributed by atoms with Crippen LogP contribution < -0.4 is 5.32 Å². The van der Waals surface area contributed by atoms with E-state index in [1.54, 1.807) is 4.90 Å². The minimum absolute atomic E-state index is 0.00365. The number of carbonyl (C=O) groups excluding carboxylic acids is 2. The van der Waals surface area contributed by atoms with Gasteiger partial charge in [-0.3, -0.25) is 9.59 Å². The van der Waals surface area contributed by atoms with Gasteiger partial charge < -0.3 is 20.1 Å². The molecule has 2 N–H and O–H groups in total. The molecule has 0 bridgehead atoms. The highest BCUT2D eigenvalue weighted by Gasteiger charge is 2.30. The van der Waals surface area contributed by atoms with E-state index >= 15 is 0 Å². The number of rotatable bonds is 9. The van der Waals surface area contributed by atoms with Crippen molar-refractivity contribution < 1.29 is 24.2 Å². The average molecular weight is 479 g/mol. The normalized spacial score (nSPS) is 17.9. The van der Waals surface area contributed by atoms with Crippen molar-refractivity contribution in [3.63, 3.8) is 0 Å². The van der Waals surface area contributed by atoms with E-state index in [4.69, 9.17) is 9.84 Å². The Kier molecular flexibility index (Phi) is 8.06. The zero-order valence-electron chi connectivity index (χ0n) is 20.2. The van der Waals surface area contributed by atoms with Crippen molar-refractivity contribution in [3.8, 4) is 11.1 Å². The van der Waals surface area contributed by atoms with Crippen molar-refractivity contribution in [3.05, 3.63) is 59.7 Å². The first-order valence-electron chi connectivity index (χ1n) is 12.5. The van der Waals surface area contributed by atoms with Gasteiger partial charge in [-0.05, 0) is 53.9 Å². The van der Waals surface area contributed by atoms with E-state index in [1.165, 1.54) is 22.3 Å². The van der Waals surface area contributed by atoms with Gasteiger partial charge in [0.25, 0.3) is 0 Å². The molecule has 2 aliphatic rings. The molecule has 1 aliphatic carbocycles. The first-order valence-corrected chi connectivity index (χ1v) is 12.5. The average Bonchev–Trinajstić information content (AvgIpc) is 3.18. The molecule has 1 heterocycles. The number of nitrogens with one attached hydrogen (secondary N) is 1.